The predicted molar refractivity (Wildman–Crippen MR) is 154 cm³/mol. The normalized spacial score (nSPS) is 16.1. The molecule has 0 spiro atoms. The van der Waals surface area contributed by atoms with E-state index in [1.807, 2.05) is 20.8 Å². The van der Waals surface area contributed by atoms with Gasteiger partial charge in [0, 0.05) is 37.9 Å². The Hall–Kier alpha value is -3.84. The van der Waals surface area contributed by atoms with Crippen LogP contribution in [0.2, 0.25) is 5.15 Å². The molecule has 0 aromatic carbocycles. The fourth-order valence-electron chi connectivity index (χ4n) is 4.58. The number of piperidine rings is 1. The monoisotopic (exact) mass is 605 g/mol. The molecule has 1 aliphatic rings. The molecule has 14 heteroatoms. The summed E-state index contributed by atoms with van der Waals surface area (Å²) in [6, 6.07) is 4.09. The van der Waals surface area contributed by atoms with Gasteiger partial charge in [-0.2, -0.15) is 5.10 Å². The summed E-state index contributed by atoms with van der Waals surface area (Å²) in [5.74, 6) is 4.43. The third kappa shape index (κ3) is 7.32. The Morgan fingerprint density at radius 3 is 2.52 bits per heavy atom. The first-order valence-electron chi connectivity index (χ1n) is 13.3. The van der Waals surface area contributed by atoms with E-state index in [-0.39, 0.29) is 35.5 Å². The van der Waals surface area contributed by atoms with Crippen molar-refractivity contribution in [2.24, 2.45) is 15.9 Å². The minimum Gasteiger partial charge on any atom is -0.475 e. The molecule has 226 valence electrons. The van der Waals surface area contributed by atoms with Gasteiger partial charge in [-0.3, -0.25) is 14.4 Å². The molecule has 0 bridgehead atoms. The third-order valence-electron chi connectivity index (χ3n) is 6.58. The van der Waals surface area contributed by atoms with Crippen molar-refractivity contribution >= 4 is 34.8 Å². The van der Waals surface area contributed by atoms with E-state index in [2.05, 4.69) is 15.1 Å². The van der Waals surface area contributed by atoms with Gasteiger partial charge >= 0.3 is 6.09 Å². The second kappa shape index (κ2) is 13.0. The quantitative estimate of drug-likeness (QED) is 0.218. The highest BCUT2D eigenvalue weighted by Crippen LogP contribution is 2.27. The lowest BCUT2D eigenvalue weighted by molar-refractivity contribution is 0.0207. The molecular weight excluding hydrogens is 572 g/mol. The molecule has 1 aliphatic heterocycles. The van der Waals surface area contributed by atoms with Gasteiger partial charge in [0.1, 0.15) is 52.2 Å². The zero-order valence-corrected chi connectivity index (χ0v) is 24.9. The number of pyridine rings is 2. The third-order valence-corrected chi connectivity index (χ3v) is 6.84. The lowest BCUT2D eigenvalue weighted by Gasteiger charge is -2.32. The number of carbonyl (C=O) groups excluding carboxylic acids is 1. The molecule has 4 heterocycles. The number of methoxy groups -OCH3 is 1. The van der Waals surface area contributed by atoms with Crippen LogP contribution in [-0.4, -0.2) is 75.2 Å². The second-order valence-corrected chi connectivity index (χ2v) is 11.2. The maximum Gasteiger partial charge on any atom is 0.410 e. The fraction of sp³-hybridized carbons (Fsp3) is 0.464. The highest BCUT2D eigenvalue weighted by Gasteiger charge is 2.27. The van der Waals surface area contributed by atoms with Gasteiger partial charge in [-0.1, -0.05) is 11.6 Å². The Labute approximate surface area is 247 Å². The van der Waals surface area contributed by atoms with E-state index in [1.165, 1.54) is 13.3 Å². The van der Waals surface area contributed by atoms with E-state index in [0.29, 0.717) is 48.6 Å². The number of imidazole rings is 1. The minimum atomic E-state index is -0.941. The molecule has 1 fully saturated rings. The summed E-state index contributed by atoms with van der Waals surface area (Å²) in [6.07, 6.45) is 2.40. The van der Waals surface area contributed by atoms with Crippen LogP contribution in [0.1, 0.15) is 57.9 Å². The first-order chi connectivity index (χ1) is 19.9. The van der Waals surface area contributed by atoms with Crippen molar-refractivity contribution in [2.75, 3.05) is 26.8 Å². The van der Waals surface area contributed by atoms with Crippen molar-refractivity contribution in [1.82, 2.24) is 19.3 Å². The number of aromatic nitrogens is 3. The van der Waals surface area contributed by atoms with Gasteiger partial charge in [-0.05, 0) is 46.6 Å². The Morgan fingerprint density at radius 1 is 1.19 bits per heavy atom. The van der Waals surface area contributed by atoms with Gasteiger partial charge in [0.2, 0.25) is 5.88 Å². The molecule has 2 N–H and O–H groups in total. The molecule has 1 atom stereocenters. The van der Waals surface area contributed by atoms with Crippen molar-refractivity contribution in [3.05, 3.63) is 58.6 Å². The first kappa shape index (κ1) is 31.1. The van der Waals surface area contributed by atoms with E-state index in [0.717, 1.165) is 12.3 Å². The van der Waals surface area contributed by atoms with E-state index < -0.39 is 23.3 Å². The number of ether oxygens (including phenoxy) is 3. The maximum atomic E-state index is 14.4. The molecule has 1 unspecified atom stereocenters. The average molecular weight is 606 g/mol. The number of fused-ring (bicyclic) bond motifs is 1. The van der Waals surface area contributed by atoms with Crippen LogP contribution in [0.5, 0.6) is 5.88 Å². The topological polar surface area (TPSA) is 129 Å². The van der Waals surface area contributed by atoms with Crippen molar-refractivity contribution in [1.29, 1.82) is 0 Å². The van der Waals surface area contributed by atoms with E-state index in [4.69, 9.17) is 36.6 Å². The summed E-state index contributed by atoms with van der Waals surface area (Å²) in [6.45, 7) is 8.18. The summed E-state index contributed by atoms with van der Waals surface area (Å²) in [5.41, 5.74) is 1.35. The summed E-state index contributed by atoms with van der Waals surface area (Å²) < 4.78 is 46.1. The fourth-order valence-corrected chi connectivity index (χ4v) is 4.80. The zero-order chi connectivity index (χ0) is 30.6. The number of hydrogen-bond acceptors (Lipinski definition) is 9. The predicted octanol–water partition coefficient (Wildman–Crippen LogP) is 4.95. The molecule has 1 amide bonds. The standard InChI is InChI=1S/C28H34ClF2N7O4/c1-16(35-19-6-8-37(9-7-19)27(39)42-28(2,3)4)25(36-32)17-10-23-33-14-22(29)38(23)24(11-17)41-15-21(40-5)26-20(31)12-18(30)13-34-26/h10-14,19,21H,6-9,15,32H2,1-5H3/b35-16?,36-25+. The Kier molecular flexibility index (Phi) is 9.62. The molecule has 3 aromatic heterocycles. The number of nitrogens with two attached hydrogens (primary N) is 1. The number of likely N-dealkylation sites (tertiary alicyclic amines) is 1. The van der Waals surface area contributed by atoms with E-state index in [9.17, 15) is 13.6 Å². The molecule has 4 rings (SSSR count). The highest BCUT2D eigenvalue weighted by molar-refractivity contribution is 6.47. The van der Waals surface area contributed by atoms with Gasteiger partial charge in [0.15, 0.2) is 0 Å². The van der Waals surface area contributed by atoms with E-state index >= 15 is 0 Å². The number of hydrazone groups is 1. The Morgan fingerprint density at radius 2 is 1.90 bits per heavy atom. The minimum absolute atomic E-state index is 0.0404. The van der Waals surface area contributed by atoms with Crippen LogP contribution in [0.25, 0.3) is 5.65 Å². The average Bonchev–Trinajstić information content (AvgIpc) is 3.30. The number of halogens is 3. The number of amides is 1. The van der Waals surface area contributed by atoms with Gasteiger partial charge in [-0.15, -0.1) is 0 Å². The van der Waals surface area contributed by atoms with Gasteiger partial charge in [0.05, 0.1) is 24.1 Å². The van der Waals surface area contributed by atoms with Crippen molar-refractivity contribution < 1.29 is 27.8 Å². The number of rotatable bonds is 8. The zero-order valence-electron chi connectivity index (χ0n) is 24.1. The van der Waals surface area contributed by atoms with Crippen molar-refractivity contribution in [3.8, 4) is 5.88 Å². The first-order valence-corrected chi connectivity index (χ1v) is 13.7. The van der Waals surface area contributed by atoms with Crippen LogP contribution in [0.3, 0.4) is 0 Å². The Bertz CT molecular complexity index is 1500. The molecule has 0 saturated carbocycles. The molecule has 0 aliphatic carbocycles. The number of aliphatic imine (C=N–C) groups is 1. The number of carbonyl (C=O) groups is 1. The largest absolute Gasteiger partial charge is 0.475 e. The summed E-state index contributed by atoms with van der Waals surface area (Å²) in [4.78, 5) is 27.1. The molecule has 1 saturated heterocycles. The van der Waals surface area contributed by atoms with Gasteiger partial charge in [-0.25, -0.2) is 18.6 Å². The molecule has 42 heavy (non-hydrogen) atoms. The van der Waals surface area contributed by atoms with Crippen molar-refractivity contribution in [2.45, 2.75) is 58.3 Å². The van der Waals surface area contributed by atoms with Crippen LogP contribution in [0.4, 0.5) is 13.6 Å². The molecule has 0 radical (unpaired) electrons. The molecule has 3 aromatic rings. The number of nitrogens with zero attached hydrogens (tertiary/aromatic N) is 6. The van der Waals surface area contributed by atoms with Gasteiger partial charge < -0.3 is 25.0 Å². The van der Waals surface area contributed by atoms with Gasteiger partial charge in [0.25, 0.3) is 0 Å². The highest BCUT2D eigenvalue weighted by atomic mass is 35.5. The van der Waals surface area contributed by atoms with Crippen LogP contribution >= 0.6 is 11.6 Å². The summed E-state index contributed by atoms with van der Waals surface area (Å²) >= 11 is 6.37. The summed E-state index contributed by atoms with van der Waals surface area (Å²) in [5, 5.41) is 4.27. The Balaban J connectivity index is 1.53. The van der Waals surface area contributed by atoms with Crippen LogP contribution in [0.15, 0.2) is 40.7 Å². The van der Waals surface area contributed by atoms with Crippen LogP contribution in [-0.2, 0) is 9.47 Å². The smallest absolute Gasteiger partial charge is 0.410 e. The maximum absolute atomic E-state index is 14.4. The van der Waals surface area contributed by atoms with Crippen LogP contribution in [0, 0.1) is 11.6 Å². The second-order valence-electron chi connectivity index (χ2n) is 10.8. The molecular formula is C28H34ClF2N7O4. The van der Waals surface area contributed by atoms with Crippen molar-refractivity contribution in [3.63, 3.8) is 0 Å². The number of hydrogen-bond donors (Lipinski definition) is 1. The summed E-state index contributed by atoms with van der Waals surface area (Å²) in [7, 11) is 1.37. The molecule has 11 nitrogen and oxygen atoms in total. The van der Waals surface area contributed by atoms with Crippen LogP contribution < -0.4 is 10.6 Å². The lowest BCUT2D eigenvalue weighted by atomic mass is 10.0. The lowest BCUT2D eigenvalue weighted by Crippen LogP contribution is -2.42. The SMILES string of the molecule is COC(COc1cc(/C(=N/N)C(C)=NC2CCN(C(=O)OC(C)(C)C)CC2)cc2ncc(Cl)n12)c1ncc(F)cc1F. The van der Waals surface area contributed by atoms with E-state index in [1.54, 1.807) is 28.4 Å².